The summed E-state index contributed by atoms with van der Waals surface area (Å²) in [6, 6.07) is 13.5. The summed E-state index contributed by atoms with van der Waals surface area (Å²) in [5.41, 5.74) is 10.1. The molecule has 2 aromatic rings. The number of benzene rings is 2. The third-order valence-corrected chi connectivity index (χ3v) is 3.52. The average Bonchev–Trinajstić information content (AvgIpc) is 2.65. The summed E-state index contributed by atoms with van der Waals surface area (Å²) < 4.78 is 0. The van der Waals surface area contributed by atoms with E-state index < -0.39 is 17.9 Å². The van der Waals surface area contributed by atoms with Gasteiger partial charge < -0.3 is 11.1 Å². The lowest BCUT2D eigenvalue weighted by Crippen LogP contribution is -2.50. The van der Waals surface area contributed by atoms with Gasteiger partial charge in [0.1, 0.15) is 6.04 Å². The van der Waals surface area contributed by atoms with Crippen molar-refractivity contribution < 1.29 is 14.8 Å². The van der Waals surface area contributed by atoms with Gasteiger partial charge in [0.15, 0.2) is 0 Å². The molecule has 26 heavy (non-hydrogen) atoms. The lowest BCUT2D eigenvalue weighted by atomic mass is 10.1. The van der Waals surface area contributed by atoms with Crippen LogP contribution in [-0.4, -0.2) is 29.6 Å². The van der Waals surface area contributed by atoms with Gasteiger partial charge in [-0.2, -0.15) is 0 Å². The molecule has 2 aromatic carbocycles. The minimum absolute atomic E-state index is 0. The van der Waals surface area contributed by atoms with Crippen LogP contribution in [0.1, 0.15) is 34.5 Å². The first-order valence-corrected chi connectivity index (χ1v) is 7.67. The van der Waals surface area contributed by atoms with Crippen LogP contribution in [0.4, 0.5) is 0 Å². The fraction of sp³-hybridized carbons (Fsp3) is 0.200. The van der Waals surface area contributed by atoms with Crippen molar-refractivity contribution in [2.75, 3.05) is 6.54 Å². The van der Waals surface area contributed by atoms with Crippen molar-refractivity contribution in [3.63, 3.8) is 0 Å². The van der Waals surface area contributed by atoms with E-state index in [-0.39, 0.29) is 14.0 Å². The van der Waals surface area contributed by atoms with Gasteiger partial charge in [-0.1, -0.05) is 37.0 Å². The van der Waals surface area contributed by atoms with Crippen LogP contribution < -0.4 is 16.5 Å². The number of carbonyl (C=O) groups is 2. The average molecular weight is 353 g/mol. The number of rotatable bonds is 4. The Hall–Kier alpha value is -3.14. The zero-order chi connectivity index (χ0) is 18.2. The van der Waals surface area contributed by atoms with Gasteiger partial charge in [0.2, 0.25) is 0 Å². The van der Waals surface area contributed by atoms with Crippen LogP contribution in [0.2, 0.25) is 0 Å². The minimum Gasteiger partial charge on any atom is -0.339 e. The van der Waals surface area contributed by atoms with Gasteiger partial charge >= 0.3 is 0 Å². The number of carbonyl (C=O) groups excluding carboxylic acids is 2. The molecule has 2 rings (SSSR count). The highest BCUT2D eigenvalue weighted by Gasteiger charge is 2.19. The molecule has 0 bridgehead atoms. The summed E-state index contributed by atoms with van der Waals surface area (Å²) in [6.07, 6.45) is 0. The molecule has 0 spiro atoms. The van der Waals surface area contributed by atoms with Crippen LogP contribution in [0.15, 0.2) is 48.5 Å². The van der Waals surface area contributed by atoms with Gasteiger partial charge in [0.25, 0.3) is 11.8 Å². The molecule has 0 saturated carbocycles. The summed E-state index contributed by atoms with van der Waals surface area (Å²) in [6.45, 7) is 1.89. The lowest BCUT2D eigenvalue weighted by Gasteiger charge is -2.14. The van der Waals surface area contributed by atoms with Gasteiger partial charge in [0.05, 0.1) is 0 Å². The maximum Gasteiger partial charge on any atom is 0.267 e. The van der Waals surface area contributed by atoms with Crippen molar-refractivity contribution in [3.05, 3.63) is 70.8 Å². The molecule has 0 aliphatic carbocycles. The molecule has 0 aliphatic rings. The first-order chi connectivity index (χ1) is 12.0. The molecule has 136 valence electrons. The van der Waals surface area contributed by atoms with Crippen LogP contribution in [0.25, 0.3) is 0 Å². The molecule has 0 aliphatic heterocycles. The molecule has 6 heteroatoms. The van der Waals surface area contributed by atoms with E-state index in [2.05, 4.69) is 17.2 Å². The molecule has 0 aromatic heterocycles. The van der Waals surface area contributed by atoms with Crippen LogP contribution in [0.3, 0.4) is 0 Å². The summed E-state index contributed by atoms with van der Waals surface area (Å²) in [5.74, 6) is 4.85. The Morgan fingerprint density at radius 3 is 2.00 bits per heavy atom. The Bertz CT molecular complexity index is 803. The fourth-order valence-electron chi connectivity index (χ4n) is 2.04. The molecule has 0 saturated heterocycles. The van der Waals surface area contributed by atoms with E-state index in [4.69, 9.17) is 10.9 Å². The van der Waals surface area contributed by atoms with Gasteiger partial charge in [-0.25, -0.2) is 5.48 Å². The third-order valence-electron chi connectivity index (χ3n) is 3.52. The minimum atomic E-state index is -1.00. The summed E-state index contributed by atoms with van der Waals surface area (Å²) >= 11 is 0. The Morgan fingerprint density at radius 1 is 1.04 bits per heavy atom. The molecular formula is C20H23N3O3. The second-order valence-electron chi connectivity index (χ2n) is 5.43. The number of aryl methyl sites for hydroxylation is 1. The highest BCUT2D eigenvalue weighted by atomic mass is 16.5. The predicted molar refractivity (Wildman–Crippen MR) is 101 cm³/mol. The Balaban J connectivity index is 0.00000338. The SMILES string of the molecule is C.Cc1ccc(C#Cc2ccc(C(=O)N[C@@H](CN)C(=O)NO)cc2)cc1. The summed E-state index contributed by atoms with van der Waals surface area (Å²) in [7, 11) is 0. The maximum absolute atomic E-state index is 12.1. The number of nitrogens with one attached hydrogen (secondary N) is 2. The van der Waals surface area contributed by atoms with E-state index in [1.54, 1.807) is 24.3 Å². The summed E-state index contributed by atoms with van der Waals surface area (Å²) in [5, 5.41) is 11.0. The van der Waals surface area contributed by atoms with Crippen molar-refractivity contribution in [3.8, 4) is 11.8 Å². The summed E-state index contributed by atoms with van der Waals surface area (Å²) in [4.78, 5) is 23.4. The van der Waals surface area contributed by atoms with E-state index in [9.17, 15) is 9.59 Å². The molecule has 0 radical (unpaired) electrons. The first kappa shape index (κ1) is 20.9. The van der Waals surface area contributed by atoms with Crippen LogP contribution in [0, 0.1) is 18.8 Å². The van der Waals surface area contributed by atoms with Crippen molar-refractivity contribution in [2.45, 2.75) is 20.4 Å². The van der Waals surface area contributed by atoms with Crippen molar-refractivity contribution in [1.82, 2.24) is 10.8 Å². The van der Waals surface area contributed by atoms with Gasteiger partial charge in [0, 0.05) is 23.2 Å². The standard InChI is InChI=1S/C19H19N3O3.CH4/c1-13-2-4-14(5-3-13)6-7-15-8-10-16(11-9-15)18(23)21-17(12-20)19(24)22-25;/h2-5,8-11,17,25H,12,20H2,1H3,(H,21,23)(H,22,24);1H4/t17-;/m0./s1. The highest BCUT2D eigenvalue weighted by molar-refractivity contribution is 5.97. The van der Waals surface area contributed by atoms with Crippen molar-refractivity contribution >= 4 is 11.8 Å². The first-order valence-electron chi connectivity index (χ1n) is 7.67. The topological polar surface area (TPSA) is 104 Å². The molecule has 0 fully saturated rings. The fourth-order valence-corrected chi connectivity index (χ4v) is 2.04. The number of hydrogen-bond acceptors (Lipinski definition) is 4. The monoisotopic (exact) mass is 353 g/mol. The smallest absolute Gasteiger partial charge is 0.267 e. The number of hydrogen-bond donors (Lipinski definition) is 4. The highest BCUT2D eigenvalue weighted by Crippen LogP contribution is 2.05. The van der Waals surface area contributed by atoms with E-state index >= 15 is 0 Å². The maximum atomic E-state index is 12.1. The van der Waals surface area contributed by atoms with E-state index in [1.807, 2.05) is 31.2 Å². The molecule has 5 N–H and O–H groups in total. The quantitative estimate of drug-likeness (QED) is 0.381. The molecule has 1 atom stereocenters. The molecule has 6 nitrogen and oxygen atoms in total. The molecule has 0 heterocycles. The molecule has 0 unspecified atom stereocenters. The van der Waals surface area contributed by atoms with E-state index in [1.165, 1.54) is 11.0 Å². The number of nitrogens with two attached hydrogens (primary N) is 1. The second-order valence-corrected chi connectivity index (χ2v) is 5.43. The van der Waals surface area contributed by atoms with Crippen molar-refractivity contribution in [2.24, 2.45) is 5.73 Å². The molecular weight excluding hydrogens is 330 g/mol. The Kier molecular flexibility index (Phi) is 8.03. The third kappa shape index (κ3) is 5.74. The zero-order valence-electron chi connectivity index (χ0n) is 13.7. The van der Waals surface area contributed by atoms with Crippen LogP contribution in [-0.2, 0) is 4.79 Å². The lowest BCUT2D eigenvalue weighted by molar-refractivity contribution is -0.130. The van der Waals surface area contributed by atoms with Gasteiger partial charge in [-0.05, 0) is 43.3 Å². The van der Waals surface area contributed by atoms with Gasteiger partial charge in [-0.15, -0.1) is 0 Å². The Labute approximate surface area is 153 Å². The zero-order valence-corrected chi connectivity index (χ0v) is 13.7. The number of amides is 2. The Morgan fingerprint density at radius 2 is 1.54 bits per heavy atom. The van der Waals surface area contributed by atoms with Crippen LogP contribution in [0.5, 0.6) is 0 Å². The normalized spacial score (nSPS) is 10.6. The van der Waals surface area contributed by atoms with Crippen molar-refractivity contribution in [1.29, 1.82) is 0 Å². The second kappa shape index (κ2) is 9.99. The van der Waals surface area contributed by atoms with Gasteiger partial charge in [-0.3, -0.25) is 14.8 Å². The van der Waals surface area contributed by atoms with E-state index in [0.29, 0.717) is 5.56 Å². The largest absolute Gasteiger partial charge is 0.339 e. The number of hydroxylamine groups is 1. The van der Waals surface area contributed by atoms with E-state index in [0.717, 1.165) is 11.1 Å². The molecule has 2 amide bonds. The van der Waals surface area contributed by atoms with Crippen LogP contribution >= 0.6 is 0 Å². The predicted octanol–water partition coefficient (Wildman–Crippen LogP) is 1.59.